The molecule has 1 aliphatic heterocycles. The Kier molecular flexibility index (Phi) is 4.55. The van der Waals surface area contributed by atoms with Crippen LogP contribution in [0, 0.1) is 0 Å². The van der Waals surface area contributed by atoms with Gasteiger partial charge in [-0.05, 0) is 42.3 Å². The molecule has 4 heteroatoms. The number of nitrogens with zero attached hydrogens (tertiary/aromatic N) is 1. The van der Waals surface area contributed by atoms with Crippen LogP contribution in [0.4, 0.5) is 0 Å². The minimum atomic E-state index is 0.0866. The van der Waals surface area contributed by atoms with Gasteiger partial charge in [-0.3, -0.25) is 4.79 Å². The predicted molar refractivity (Wildman–Crippen MR) is 84.8 cm³/mol. The third-order valence-electron chi connectivity index (χ3n) is 3.90. The molecule has 110 valence electrons. The lowest BCUT2D eigenvalue weighted by Gasteiger charge is -2.31. The first-order valence-corrected chi connectivity index (χ1v) is 8.20. The summed E-state index contributed by atoms with van der Waals surface area (Å²) in [6.45, 7) is 1.80. The van der Waals surface area contributed by atoms with Crippen LogP contribution in [0.3, 0.4) is 0 Å². The van der Waals surface area contributed by atoms with Gasteiger partial charge in [-0.2, -0.15) is 0 Å². The predicted octanol–water partition coefficient (Wildman–Crippen LogP) is 3.53. The Morgan fingerprint density at radius 2 is 1.90 bits per heavy atom. The minimum absolute atomic E-state index is 0.0866. The molecule has 3 nitrogen and oxygen atoms in total. The Morgan fingerprint density at radius 1 is 1.14 bits per heavy atom. The van der Waals surface area contributed by atoms with E-state index in [0.717, 1.165) is 31.7 Å². The Balaban J connectivity index is 1.47. The van der Waals surface area contributed by atoms with Gasteiger partial charge in [0.25, 0.3) is 5.91 Å². The zero-order valence-electron chi connectivity index (χ0n) is 11.9. The van der Waals surface area contributed by atoms with Crippen molar-refractivity contribution in [3.05, 3.63) is 52.7 Å². The first-order valence-electron chi connectivity index (χ1n) is 7.32. The molecule has 21 heavy (non-hydrogen) atoms. The monoisotopic (exact) mass is 301 g/mol. The molecule has 0 radical (unpaired) electrons. The van der Waals surface area contributed by atoms with Crippen LogP contribution in [-0.4, -0.2) is 30.5 Å². The lowest BCUT2D eigenvalue weighted by atomic mass is 9.95. The number of ether oxygens (including phenoxy) is 1. The second-order valence-corrected chi connectivity index (χ2v) is 6.25. The molecule has 0 aliphatic carbocycles. The van der Waals surface area contributed by atoms with Crippen molar-refractivity contribution >= 4 is 17.2 Å². The smallest absolute Gasteiger partial charge is 0.260 e. The van der Waals surface area contributed by atoms with Gasteiger partial charge in [0.15, 0.2) is 6.61 Å². The quantitative estimate of drug-likeness (QED) is 0.864. The van der Waals surface area contributed by atoms with E-state index in [1.54, 1.807) is 0 Å². The number of hydrogen-bond acceptors (Lipinski definition) is 3. The fourth-order valence-corrected chi connectivity index (χ4v) is 3.59. The van der Waals surface area contributed by atoms with Gasteiger partial charge in [-0.25, -0.2) is 0 Å². The van der Waals surface area contributed by atoms with Gasteiger partial charge in [0.05, 0.1) is 0 Å². The maximum atomic E-state index is 12.2. The largest absolute Gasteiger partial charge is 0.484 e. The zero-order chi connectivity index (χ0) is 14.5. The van der Waals surface area contributed by atoms with Crippen LogP contribution in [0.15, 0.2) is 47.8 Å². The molecule has 1 fully saturated rings. The highest BCUT2D eigenvalue weighted by atomic mass is 32.1. The summed E-state index contributed by atoms with van der Waals surface area (Å²) in [4.78, 5) is 15.5. The fraction of sp³-hybridized carbons (Fsp3) is 0.353. The molecular formula is C17H19NO2S. The number of piperidine rings is 1. The molecule has 0 unspecified atom stereocenters. The number of rotatable bonds is 4. The van der Waals surface area contributed by atoms with Crippen molar-refractivity contribution < 1.29 is 9.53 Å². The Labute approximate surface area is 129 Å². The minimum Gasteiger partial charge on any atom is -0.484 e. The second-order valence-electron chi connectivity index (χ2n) is 5.27. The molecule has 0 atom stereocenters. The number of hydrogen-bond donors (Lipinski definition) is 0. The lowest BCUT2D eigenvalue weighted by molar-refractivity contribution is -0.134. The van der Waals surface area contributed by atoms with E-state index in [4.69, 9.17) is 4.74 Å². The Morgan fingerprint density at radius 3 is 2.57 bits per heavy atom. The first-order chi connectivity index (χ1) is 10.3. The molecule has 0 saturated carbocycles. The Bertz CT molecular complexity index is 560. The van der Waals surface area contributed by atoms with Crippen molar-refractivity contribution in [2.45, 2.75) is 18.8 Å². The summed E-state index contributed by atoms with van der Waals surface area (Å²) in [5.74, 6) is 1.45. The number of likely N-dealkylation sites (tertiary alicyclic amines) is 1. The molecule has 1 saturated heterocycles. The molecule has 2 heterocycles. The van der Waals surface area contributed by atoms with Gasteiger partial charge >= 0.3 is 0 Å². The number of carbonyl (C=O) groups excluding carboxylic acids is 1. The molecule has 1 aliphatic rings. The lowest BCUT2D eigenvalue weighted by Crippen LogP contribution is -2.40. The van der Waals surface area contributed by atoms with E-state index >= 15 is 0 Å². The third-order valence-corrected chi connectivity index (χ3v) is 4.93. The van der Waals surface area contributed by atoms with Gasteiger partial charge < -0.3 is 9.64 Å². The van der Waals surface area contributed by atoms with Crippen LogP contribution < -0.4 is 4.74 Å². The summed E-state index contributed by atoms with van der Waals surface area (Å²) >= 11 is 1.82. The van der Waals surface area contributed by atoms with E-state index in [2.05, 4.69) is 17.5 Å². The Hall–Kier alpha value is -1.81. The molecule has 2 aromatic rings. The molecule has 0 spiro atoms. The van der Waals surface area contributed by atoms with Crippen molar-refractivity contribution in [3.8, 4) is 5.75 Å². The van der Waals surface area contributed by atoms with Crippen LogP contribution in [-0.2, 0) is 4.79 Å². The third kappa shape index (κ3) is 3.64. The van der Waals surface area contributed by atoms with Gasteiger partial charge in [-0.15, -0.1) is 11.3 Å². The summed E-state index contributed by atoms with van der Waals surface area (Å²) < 4.78 is 5.53. The zero-order valence-corrected chi connectivity index (χ0v) is 12.7. The standard InChI is InChI=1S/C17H19NO2S/c19-17(13-20-15-5-2-1-3-6-15)18-10-8-14(9-11-18)16-7-4-12-21-16/h1-7,12,14H,8-11,13H2. The van der Waals surface area contributed by atoms with E-state index in [-0.39, 0.29) is 12.5 Å². The van der Waals surface area contributed by atoms with E-state index in [1.807, 2.05) is 46.6 Å². The highest BCUT2D eigenvalue weighted by molar-refractivity contribution is 7.10. The molecule has 0 bridgehead atoms. The average Bonchev–Trinajstić information content (AvgIpc) is 3.08. The second kappa shape index (κ2) is 6.76. The molecule has 3 rings (SSSR count). The van der Waals surface area contributed by atoms with Gasteiger partial charge in [0.1, 0.15) is 5.75 Å². The first kappa shape index (κ1) is 14.1. The van der Waals surface area contributed by atoms with Gasteiger partial charge in [0, 0.05) is 18.0 Å². The maximum Gasteiger partial charge on any atom is 0.260 e. The summed E-state index contributed by atoms with van der Waals surface area (Å²) in [5, 5.41) is 2.13. The summed E-state index contributed by atoms with van der Waals surface area (Å²) in [7, 11) is 0. The number of amides is 1. The molecule has 1 aromatic heterocycles. The van der Waals surface area contributed by atoms with Crippen LogP contribution in [0.5, 0.6) is 5.75 Å². The van der Waals surface area contributed by atoms with Gasteiger partial charge in [0.2, 0.25) is 0 Å². The number of para-hydroxylation sites is 1. The summed E-state index contributed by atoms with van der Waals surface area (Å²) in [6, 6.07) is 13.8. The molecular weight excluding hydrogens is 282 g/mol. The maximum absolute atomic E-state index is 12.2. The van der Waals surface area contributed by atoms with Crippen molar-refractivity contribution in [1.29, 1.82) is 0 Å². The van der Waals surface area contributed by atoms with Crippen LogP contribution in [0.1, 0.15) is 23.6 Å². The van der Waals surface area contributed by atoms with Crippen molar-refractivity contribution in [2.24, 2.45) is 0 Å². The van der Waals surface area contributed by atoms with Crippen molar-refractivity contribution in [2.75, 3.05) is 19.7 Å². The van der Waals surface area contributed by atoms with Crippen LogP contribution in [0.25, 0.3) is 0 Å². The van der Waals surface area contributed by atoms with Crippen LogP contribution >= 0.6 is 11.3 Å². The molecule has 1 aromatic carbocycles. The SMILES string of the molecule is O=C(COc1ccccc1)N1CCC(c2cccs2)CC1. The number of benzene rings is 1. The normalized spacial score (nSPS) is 15.9. The van der Waals surface area contributed by atoms with Crippen molar-refractivity contribution in [1.82, 2.24) is 4.90 Å². The molecule has 1 amide bonds. The van der Waals surface area contributed by atoms with Crippen LogP contribution in [0.2, 0.25) is 0 Å². The van der Waals surface area contributed by atoms with E-state index in [0.29, 0.717) is 5.92 Å². The average molecular weight is 301 g/mol. The van der Waals surface area contributed by atoms with E-state index < -0.39 is 0 Å². The highest BCUT2D eigenvalue weighted by Gasteiger charge is 2.24. The highest BCUT2D eigenvalue weighted by Crippen LogP contribution is 2.30. The summed E-state index contributed by atoms with van der Waals surface area (Å²) in [5.41, 5.74) is 0. The molecule has 0 N–H and O–H groups in total. The van der Waals surface area contributed by atoms with E-state index in [9.17, 15) is 4.79 Å². The topological polar surface area (TPSA) is 29.5 Å². The number of carbonyl (C=O) groups is 1. The summed E-state index contributed by atoms with van der Waals surface area (Å²) in [6.07, 6.45) is 2.11. The van der Waals surface area contributed by atoms with E-state index in [1.165, 1.54) is 4.88 Å². The van der Waals surface area contributed by atoms with Gasteiger partial charge in [-0.1, -0.05) is 24.3 Å². The van der Waals surface area contributed by atoms with Crippen molar-refractivity contribution in [3.63, 3.8) is 0 Å². The fourth-order valence-electron chi connectivity index (χ4n) is 2.69. The number of thiophene rings is 1.